The van der Waals surface area contributed by atoms with Crippen LogP contribution in [-0.4, -0.2) is 32.2 Å². The van der Waals surface area contributed by atoms with Crippen molar-refractivity contribution in [2.24, 2.45) is 0 Å². The van der Waals surface area contributed by atoms with Gasteiger partial charge in [0.05, 0.1) is 27.0 Å². The van der Waals surface area contributed by atoms with Crippen LogP contribution in [0, 0.1) is 5.82 Å². The second-order valence-corrected chi connectivity index (χ2v) is 8.39. The number of carbonyl (C=O) groups is 1. The van der Waals surface area contributed by atoms with Crippen LogP contribution >= 0.6 is 23.1 Å². The van der Waals surface area contributed by atoms with Crippen LogP contribution in [0.25, 0.3) is 6.08 Å². The minimum absolute atomic E-state index is 0.238. The molecule has 1 amide bonds. The lowest BCUT2D eigenvalue weighted by atomic mass is 10.1. The van der Waals surface area contributed by atoms with Crippen LogP contribution in [0.2, 0.25) is 0 Å². The van der Waals surface area contributed by atoms with E-state index in [4.69, 9.17) is 14.2 Å². The topological polar surface area (TPSA) is 69.7 Å². The summed E-state index contributed by atoms with van der Waals surface area (Å²) in [5, 5.41) is 5.21. The van der Waals surface area contributed by atoms with Crippen LogP contribution in [0.5, 0.6) is 17.2 Å². The molecule has 2 aromatic carbocycles. The second-order valence-electron chi connectivity index (χ2n) is 6.54. The van der Waals surface area contributed by atoms with Crippen molar-refractivity contribution in [3.05, 3.63) is 70.5 Å². The number of amides is 1. The first-order chi connectivity index (χ1) is 15.5. The van der Waals surface area contributed by atoms with E-state index >= 15 is 0 Å². The van der Waals surface area contributed by atoms with Crippen LogP contribution in [-0.2, 0) is 16.3 Å². The number of hydrogen-bond donors (Lipinski definition) is 1. The Hall–Kier alpha value is -3.04. The monoisotopic (exact) mass is 474 g/mol. The van der Waals surface area contributed by atoms with Gasteiger partial charge in [-0.25, -0.2) is 9.37 Å². The number of rotatable bonds is 10. The summed E-state index contributed by atoms with van der Waals surface area (Å²) >= 11 is 3.04. The normalized spacial score (nSPS) is 10.9. The minimum atomic E-state index is -0.293. The summed E-state index contributed by atoms with van der Waals surface area (Å²) in [6.07, 6.45) is 3.08. The van der Waals surface area contributed by atoms with E-state index in [9.17, 15) is 9.18 Å². The van der Waals surface area contributed by atoms with E-state index in [1.807, 2.05) is 5.38 Å². The SMILES string of the molecule is COc1cc(/C=C/C(=O)Nc2nc(CSCc3ccc(F)cc3)cs2)cc(OC)c1OC. The standard InChI is InChI=1S/C23H23FN2O4S2/c1-28-19-10-16(11-20(29-2)22(19)30-3)6-9-21(27)26-23-25-18(14-32-23)13-31-12-15-4-7-17(24)8-5-15/h4-11,14H,12-13H2,1-3H3,(H,25,26,27)/b9-6+. The lowest BCUT2D eigenvalue weighted by molar-refractivity contribution is -0.111. The summed E-state index contributed by atoms with van der Waals surface area (Å²) in [6, 6.07) is 9.97. The van der Waals surface area contributed by atoms with Crippen molar-refractivity contribution in [3.8, 4) is 17.2 Å². The van der Waals surface area contributed by atoms with Gasteiger partial charge in [0, 0.05) is 23.0 Å². The first-order valence-electron chi connectivity index (χ1n) is 9.58. The third kappa shape index (κ3) is 6.48. The molecule has 0 bridgehead atoms. The van der Waals surface area contributed by atoms with E-state index in [0.29, 0.717) is 28.1 Å². The highest BCUT2D eigenvalue weighted by atomic mass is 32.2. The number of thioether (sulfide) groups is 1. The van der Waals surface area contributed by atoms with Gasteiger partial charge in [0.1, 0.15) is 5.82 Å². The smallest absolute Gasteiger partial charge is 0.250 e. The van der Waals surface area contributed by atoms with Crippen molar-refractivity contribution in [1.29, 1.82) is 0 Å². The molecule has 9 heteroatoms. The van der Waals surface area contributed by atoms with E-state index < -0.39 is 0 Å². The lowest BCUT2D eigenvalue weighted by Crippen LogP contribution is -2.07. The molecule has 0 saturated carbocycles. The van der Waals surface area contributed by atoms with Crippen molar-refractivity contribution < 1.29 is 23.4 Å². The number of benzene rings is 2. The number of carbonyl (C=O) groups excluding carboxylic acids is 1. The molecule has 0 aliphatic heterocycles. The van der Waals surface area contributed by atoms with Crippen LogP contribution < -0.4 is 19.5 Å². The van der Waals surface area contributed by atoms with Crippen molar-refractivity contribution in [2.45, 2.75) is 11.5 Å². The predicted octanol–water partition coefficient (Wildman–Crippen LogP) is 5.39. The van der Waals surface area contributed by atoms with Crippen LogP contribution in [0.1, 0.15) is 16.8 Å². The van der Waals surface area contributed by atoms with Crippen LogP contribution in [0.15, 0.2) is 47.9 Å². The van der Waals surface area contributed by atoms with Gasteiger partial charge in [-0.2, -0.15) is 11.8 Å². The lowest BCUT2D eigenvalue weighted by Gasteiger charge is -2.12. The van der Waals surface area contributed by atoms with Gasteiger partial charge in [-0.15, -0.1) is 11.3 Å². The largest absolute Gasteiger partial charge is 0.493 e. The van der Waals surface area contributed by atoms with Gasteiger partial charge in [-0.3, -0.25) is 10.1 Å². The molecular weight excluding hydrogens is 451 g/mol. The summed E-state index contributed by atoms with van der Waals surface area (Å²) in [4.78, 5) is 16.7. The summed E-state index contributed by atoms with van der Waals surface area (Å²) in [5.74, 6) is 2.44. The molecule has 0 aliphatic carbocycles. The zero-order valence-corrected chi connectivity index (χ0v) is 19.5. The Bertz CT molecular complexity index is 1060. The number of hydrogen-bond acceptors (Lipinski definition) is 7. The molecule has 0 atom stereocenters. The fraction of sp³-hybridized carbons (Fsp3) is 0.217. The molecule has 32 heavy (non-hydrogen) atoms. The number of thiazole rings is 1. The maximum Gasteiger partial charge on any atom is 0.250 e. The molecule has 168 valence electrons. The zero-order chi connectivity index (χ0) is 22.9. The first kappa shape index (κ1) is 23.6. The highest BCUT2D eigenvalue weighted by molar-refractivity contribution is 7.97. The zero-order valence-electron chi connectivity index (χ0n) is 17.9. The van der Waals surface area contributed by atoms with Crippen molar-refractivity contribution >= 4 is 40.2 Å². The molecule has 1 heterocycles. The van der Waals surface area contributed by atoms with E-state index in [1.165, 1.54) is 50.9 Å². The molecule has 1 N–H and O–H groups in total. The van der Waals surface area contributed by atoms with Gasteiger partial charge < -0.3 is 14.2 Å². The Morgan fingerprint density at radius 1 is 1.09 bits per heavy atom. The number of aromatic nitrogens is 1. The van der Waals surface area contributed by atoms with E-state index in [-0.39, 0.29) is 11.7 Å². The average molecular weight is 475 g/mol. The van der Waals surface area contributed by atoms with Crippen molar-refractivity contribution in [2.75, 3.05) is 26.6 Å². The Labute approximate surface area is 194 Å². The summed E-state index contributed by atoms with van der Waals surface area (Å²) < 4.78 is 28.9. The Morgan fingerprint density at radius 2 is 1.78 bits per heavy atom. The Morgan fingerprint density at radius 3 is 2.41 bits per heavy atom. The van der Waals surface area contributed by atoms with Gasteiger partial charge in [-0.05, 0) is 41.5 Å². The maximum absolute atomic E-state index is 13.0. The average Bonchev–Trinajstić information content (AvgIpc) is 3.25. The molecule has 0 spiro atoms. The van der Waals surface area contributed by atoms with Gasteiger partial charge in [0.15, 0.2) is 16.6 Å². The molecule has 3 aromatic rings. The fourth-order valence-electron chi connectivity index (χ4n) is 2.80. The summed E-state index contributed by atoms with van der Waals surface area (Å²) in [5.41, 5.74) is 2.66. The molecule has 6 nitrogen and oxygen atoms in total. The third-order valence-corrected chi connectivity index (χ3v) is 6.17. The Kier molecular flexibility index (Phi) is 8.52. The number of ether oxygens (including phenoxy) is 3. The van der Waals surface area contributed by atoms with E-state index in [1.54, 1.807) is 42.1 Å². The number of anilines is 1. The fourth-order valence-corrected chi connectivity index (χ4v) is 4.51. The molecule has 0 unspecified atom stereocenters. The molecule has 0 fully saturated rings. The number of nitrogens with zero attached hydrogens (tertiary/aromatic N) is 1. The predicted molar refractivity (Wildman–Crippen MR) is 127 cm³/mol. The van der Waals surface area contributed by atoms with Gasteiger partial charge in [-0.1, -0.05) is 12.1 Å². The Balaban J connectivity index is 1.54. The molecular formula is C23H23FN2O4S2. The number of nitrogens with one attached hydrogen (secondary N) is 1. The van der Waals surface area contributed by atoms with Gasteiger partial charge >= 0.3 is 0 Å². The first-order valence-corrected chi connectivity index (χ1v) is 11.6. The molecule has 0 aliphatic rings. The van der Waals surface area contributed by atoms with Gasteiger partial charge in [0.25, 0.3) is 0 Å². The van der Waals surface area contributed by atoms with Crippen molar-refractivity contribution in [1.82, 2.24) is 4.98 Å². The highest BCUT2D eigenvalue weighted by Crippen LogP contribution is 2.38. The maximum atomic E-state index is 13.0. The van der Waals surface area contributed by atoms with E-state index in [2.05, 4.69) is 10.3 Å². The molecule has 0 saturated heterocycles. The molecule has 0 radical (unpaired) electrons. The van der Waals surface area contributed by atoms with Crippen molar-refractivity contribution in [3.63, 3.8) is 0 Å². The quantitative estimate of drug-likeness (QED) is 0.397. The van der Waals surface area contributed by atoms with Crippen LogP contribution in [0.3, 0.4) is 0 Å². The summed E-state index contributed by atoms with van der Waals surface area (Å²) in [7, 11) is 4.61. The molecule has 3 rings (SSSR count). The third-order valence-electron chi connectivity index (χ3n) is 4.33. The summed E-state index contributed by atoms with van der Waals surface area (Å²) in [6.45, 7) is 0. The number of halogens is 1. The van der Waals surface area contributed by atoms with E-state index in [0.717, 1.165) is 22.6 Å². The van der Waals surface area contributed by atoms with Crippen LogP contribution in [0.4, 0.5) is 9.52 Å². The highest BCUT2D eigenvalue weighted by Gasteiger charge is 2.12. The molecule has 1 aromatic heterocycles. The number of methoxy groups -OCH3 is 3. The van der Waals surface area contributed by atoms with Gasteiger partial charge in [0.2, 0.25) is 11.7 Å². The second kappa shape index (κ2) is 11.5. The minimum Gasteiger partial charge on any atom is -0.493 e.